The zero-order valence-electron chi connectivity index (χ0n) is 9.24. The van der Waals surface area contributed by atoms with Gasteiger partial charge in [-0.2, -0.15) is 9.49 Å². The van der Waals surface area contributed by atoms with Crippen molar-refractivity contribution < 1.29 is 22.6 Å². The Morgan fingerprint density at radius 3 is 2.68 bits per heavy atom. The Balaban J connectivity index is 2.14. The molecule has 0 spiro atoms. The number of ether oxygens (including phenoxy) is 2. The molecule has 8 heteroatoms. The maximum Gasteiger partial charge on any atom is 0.397 e. The van der Waals surface area contributed by atoms with Crippen molar-refractivity contribution in [1.82, 2.24) is 9.78 Å². The topological polar surface area (TPSA) is 36.3 Å². The van der Waals surface area contributed by atoms with Gasteiger partial charge in [-0.1, -0.05) is 0 Å². The maximum atomic E-state index is 13.9. The number of hydrogen-bond acceptors (Lipinski definition) is 3. The summed E-state index contributed by atoms with van der Waals surface area (Å²) in [6, 6.07) is 1.63. The van der Waals surface area contributed by atoms with Gasteiger partial charge in [-0.3, -0.25) is 4.68 Å². The van der Waals surface area contributed by atoms with Crippen LogP contribution in [0.2, 0.25) is 0 Å². The van der Waals surface area contributed by atoms with Crippen molar-refractivity contribution in [2.45, 2.75) is 13.1 Å². The Hall–Kier alpha value is -1.70. The molecule has 2 heterocycles. The first-order valence-corrected chi connectivity index (χ1v) is 6.01. The zero-order chi connectivity index (χ0) is 13.6. The molecule has 1 atom stereocenters. The fraction of sp³-hybridized carbons (Fsp3) is 0.182. The van der Waals surface area contributed by atoms with Gasteiger partial charge in [0.25, 0.3) is 0 Å². The van der Waals surface area contributed by atoms with Gasteiger partial charge in [-0.15, -0.1) is 0 Å². The normalized spacial score (nSPS) is 16.9. The molecule has 1 aromatic heterocycles. The van der Waals surface area contributed by atoms with Gasteiger partial charge < -0.3 is 9.47 Å². The fourth-order valence-corrected chi connectivity index (χ4v) is 2.25. The van der Waals surface area contributed by atoms with Crippen molar-refractivity contribution in [3.05, 3.63) is 40.1 Å². The third kappa shape index (κ3) is 1.95. The van der Waals surface area contributed by atoms with Crippen LogP contribution in [0.25, 0.3) is 0 Å². The van der Waals surface area contributed by atoms with E-state index >= 15 is 0 Å². The van der Waals surface area contributed by atoms with Crippen molar-refractivity contribution >= 4 is 15.9 Å². The molecule has 1 aliphatic rings. The van der Waals surface area contributed by atoms with E-state index < -0.39 is 18.2 Å². The molecule has 0 N–H and O–H groups in total. The molecule has 0 aliphatic carbocycles. The van der Waals surface area contributed by atoms with Gasteiger partial charge in [0.05, 0.1) is 12.1 Å². The molecule has 100 valence electrons. The average molecular weight is 335 g/mol. The maximum absolute atomic E-state index is 13.9. The number of fused-ring (bicyclic) bond motifs is 1. The van der Waals surface area contributed by atoms with Crippen LogP contribution < -0.4 is 9.47 Å². The molecule has 2 aromatic rings. The molecule has 0 bridgehead atoms. The molecule has 0 amide bonds. The summed E-state index contributed by atoms with van der Waals surface area (Å²) in [4.78, 5) is 0. The minimum absolute atomic E-state index is 0.0958. The molecule has 0 fully saturated rings. The van der Waals surface area contributed by atoms with Crippen molar-refractivity contribution in [3.8, 4) is 11.5 Å². The highest BCUT2D eigenvalue weighted by Gasteiger charge is 2.34. The third-order valence-corrected chi connectivity index (χ3v) is 3.34. The number of halogens is 4. The molecule has 0 saturated carbocycles. The van der Waals surface area contributed by atoms with Crippen molar-refractivity contribution in [3.63, 3.8) is 0 Å². The Bertz CT molecular complexity index is 634. The minimum Gasteiger partial charge on any atom is -0.424 e. The first-order valence-electron chi connectivity index (χ1n) is 5.22. The van der Waals surface area contributed by atoms with E-state index in [1.807, 2.05) is 0 Å². The van der Waals surface area contributed by atoms with Crippen LogP contribution in [0.5, 0.6) is 11.5 Å². The standard InChI is InChI=1S/C11H6BrF3N2O2/c12-6-8(14)7(13)5(4-17-3-1-2-16-17)9-10(6)19-11(15)18-9/h1-3,11H,4H2. The SMILES string of the molecule is Fc1c(F)c(Cn2cccn2)c2c(c1Br)OC(F)O2. The molecule has 0 saturated heterocycles. The van der Waals surface area contributed by atoms with Crippen LogP contribution >= 0.6 is 15.9 Å². The van der Waals surface area contributed by atoms with E-state index in [0.29, 0.717) is 0 Å². The Morgan fingerprint density at radius 1 is 1.26 bits per heavy atom. The number of hydrogen-bond donors (Lipinski definition) is 0. The van der Waals surface area contributed by atoms with Gasteiger partial charge in [-0.05, 0) is 22.0 Å². The predicted octanol–water partition coefficient (Wildman–Crippen LogP) is 3.00. The molecule has 3 rings (SSSR count). The molecule has 1 unspecified atom stereocenters. The van der Waals surface area contributed by atoms with Gasteiger partial charge >= 0.3 is 6.54 Å². The van der Waals surface area contributed by atoms with Crippen LogP contribution in [0.4, 0.5) is 13.2 Å². The Kier molecular flexibility index (Phi) is 2.89. The van der Waals surface area contributed by atoms with E-state index in [-0.39, 0.29) is 28.1 Å². The molecule has 1 aromatic carbocycles. The van der Waals surface area contributed by atoms with E-state index in [1.165, 1.54) is 10.9 Å². The predicted molar refractivity (Wildman–Crippen MR) is 61.5 cm³/mol. The van der Waals surface area contributed by atoms with E-state index in [1.54, 1.807) is 12.3 Å². The summed E-state index contributed by atoms with van der Waals surface area (Å²) in [5.41, 5.74) is -0.153. The lowest BCUT2D eigenvalue weighted by molar-refractivity contribution is -0.0658. The van der Waals surface area contributed by atoms with Crippen LogP contribution in [0.1, 0.15) is 5.56 Å². The second kappa shape index (κ2) is 4.44. The highest BCUT2D eigenvalue weighted by Crippen LogP contribution is 2.46. The quantitative estimate of drug-likeness (QED) is 0.792. The highest BCUT2D eigenvalue weighted by molar-refractivity contribution is 9.10. The molecule has 19 heavy (non-hydrogen) atoms. The van der Waals surface area contributed by atoms with E-state index in [9.17, 15) is 13.2 Å². The summed E-state index contributed by atoms with van der Waals surface area (Å²) in [7, 11) is 0. The van der Waals surface area contributed by atoms with Crippen LogP contribution in [-0.4, -0.2) is 16.3 Å². The smallest absolute Gasteiger partial charge is 0.397 e. The molecular formula is C11H6BrF3N2O2. The molecule has 0 radical (unpaired) electrons. The Morgan fingerprint density at radius 2 is 2.00 bits per heavy atom. The first kappa shape index (κ1) is 12.3. The molecule has 4 nitrogen and oxygen atoms in total. The lowest BCUT2D eigenvalue weighted by Gasteiger charge is -2.10. The minimum atomic E-state index is -2.08. The summed E-state index contributed by atoms with van der Waals surface area (Å²) < 4.78 is 51.2. The second-order valence-electron chi connectivity index (χ2n) is 3.79. The third-order valence-electron chi connectivity index (χ3n) is 2.63. The van der Waals surface area contributed by atoms with Gasteiger partial charge in [0.2, 0.25) is 0 Å². The molecular weight excluding hydrogens is 329 g/mol. The second-order valence-corrected chi connectivity index (χ2v) is 4.59. The van der Waals surface area contributed by atoms with Crippen LogP contribution in [-0.2, 0) is 6.54 Å². The van der Waals surface area contributed by atoms with E-state index in [2.05, 4.69) is 25.8 Å². The first-order chi connectivity index (χ1) is 9.08. The van der Waals surface area contributed by atoms with Gasteiger partial charge in [0.1, 0.15) is 4.47 Å². The summed E-state index contributed by atoms with van der Waals surface area (Å²) in [5, 5.41) is 3.87. The summed E-state index contributed by atoms with van der Waals surface area (Å²) in [6.07, 6.45) is 3.05. The van der Waals surface area contributed by atoms with Gasteiger partial charge in [-0.25, -0.2) is 8.78 Å². The monoisotopic (exact) mass is 334 g/mol. The number of alkyl halides is 1. The van der Waals surface area contributed by atoms with Crippen LogP contribution in [0.15, 0.2) is 22.9 Å². The summed E-state index contributed by atoms with van der Waals surface area (Å²) in [5.74, 6) is -2.63. The van der Waals surface area contributed by atoms with Crippen molar-refractivity contribution in [2.24, 2.45) is 0 Å². The Labute approximate surface area is 113 Å². The summed E-state index contributed by atoms with van der Waals surface area (Å²) >= 11 is 2.81. The lowest BCUT2D eigenvalue weighted by Crippen LogP contribution is -2.10. The van der Waals surface area contributed by atoms with Crippen LogP contribution in [0, 0.1) is 11.6 Å². The van der Waals surface area contributed by atoms with E-state index in [0.717, 1.165) is 0 Å². The number of benzene rings is 1. The number of aromatic nitrogens is 2. The number of nitrogens with zero attached hydrogens (tertiary/aromatic N) is 2. The largest absolute Gasteiger partial charge is 0.424 e. The van der Waals surface area contributed by atoms with Crippen molar-refractivity contribution in [2.75, 3.05) is 0 Å². The number of rotatable bonds is 2. The molecule has 1 aliphatic heterocycles. The zero-order valence-corrected chi connectivity index (χ0v) is 10.8. The lowest BCUT2D eigenvalue weighted by atomic mass is 10.1. The van der Waals surface area contributed by atoms with Gasteiger partial charge in [0, 0.05) is 12.4 Å². The summed E-state index contributed by atoms with van der Waals surface area (Å²) in [6.45, 7) is -2.18. The van der Waals surface area contributed by atoms with Crippen LogP contribution in [0.3, 0.4) is 0 Å². The highest BCUT2D eigenvalue weighted by atomic mass is 79.9. The average Bonchev–Trinajstić information content (AvgIpc) is 3.01. The van der Waals surface area contributed by atoms with Gasteiger partial charge in [0.15, 0.2) is 23.1 Å². The fourth-order valence-electron chi connectivity index (χ4n) is 1.80. The van der Waals surface area contributed by atoms with Crippen molar-refractivity contribution in [1.29, 1.82) is 0 Å². The van der Waals surface area contributed by atoms with E-state index in [4.69, 9.17) is 4.74 Å².